The predicted octanol–water partition coefficient (Wildman–Crippen LogP) is 0.869. The zero-order valence-electron chi connectivity index (χ0n) is 11.2. The smallest absolute Gasteiger partial charge is 0.226 e. The van der Waals surface area contributed by atoms with Crippen LogP contribution in [-0.4, -0.2) is 49.7 Å². The summed E-state index contributed by atoms with van der Waals surface area (Å²) in [6, 6.07) is 0.473. The Morgan fingerprint density at radius 3 is 2.83 bits per heavy atom. The minimum Gasteiger partial charge on any atom is -0.381 e. The van der Waals surface area contributed by atoms with Crippen LogP contribution >= 0.6 is 0 Å². The van der Waals surface area contributed by atoms with Gasteiger partial charge in [0.1, 0.15) is 0 Å². The number of hydrogen-bond donors (Lipinski definition) is 1. The lowest BCUT2D eigenvalue weighted by Gasteiger charge is -2.32. The lowest BCUT2D eigenvalue weighted by molar-refractivity contribution is -0.139. The number of amides is 1. The van der Waals surface area contributed by atoms with Crippen LogP contribution in [0.2, 0.25) is 0 Å². The molecule has 102 valence electrons. The normalized spacial score (nSPS) is 36.9. The van der Waals surface area contributed by atoms with E-state index in [0.29, 0.717) is 23.8 Å². The van der Waals surface area contributed by atoms with Gasteiger partial charge in [-0.3, -0.25) is 4.79 Å². The van der Waals surface area contributed by atoms with E-state index in [-0.39, 0.29) is 5.92 Å². The second kappa shape index (κ2) is 5.17. The molecule has 0 saturated carbocycles. The Kier molecular flexibility index (Phi) is 3.57. The zero-order chi connectivity index (χ0) is 12.5. The second-order valence-electron chi connectivity index (χ2n) is 5.94. The monoisotopic (exact) mass is 252 g/mol. The van der Waals surface area contributed by atoms with Crippen molar-refractivity contribution in [2.24, 2.45) is 17.8 Å². The first-order valence-electron chi connectivity index (χ1n) is 7.40. The number of carbonyl (C=O) groups excluding carboxylic acids is 1. The van der Waals surface area contributed by atoms with Crippen LogP contribution in [-0.2, 0) is 9.53 Å². The number of nitrogens with zero attached hydrogens (tertiary/aromatic N) is 1. The first kappa shape index (κ1) is 12.4. The third kappa shape index (κ3) is 2.05. The Morgan fingerprint density at radius 2 is 2.11 bits per heavy atom. The third-order valence-corrected chi connectivity index (χ3v) is 4.99. The molecule has 0 bridgehead atoms. The number of nitrogens with one attached hydrogen (secondary N) is 1. The molecule has 0 radical (unpaired) electrons. The van der Waals surface area contributed by atoms with Crippen molar-refractivity contribution in [3.8, 4) is 0 Å². The molecular weight excluding hydrogens is 228 g/mol. The fourth-order valence-electron chi connectivity index (χ4n) is 3.98. The van der Waals surface area contributed by atoms with Crippen LogP contribution in [0.15, 0.2) is 0 Å². The Hall–Kier alpha value is -0.610. The molecule has 0 aliphatic carbocycles. The molecule has 3 saturated heterocycles. The van der Waals surface area contributed by atoms with E-state index in [1.54, 1.807) is 0 Å². The topological polar surface area (TPSA) is 41.6 Å². The largest absolute Gasteiger partial charge is 0.381 e. The van der Waals surface area contributed by atoms with Gasteiger partial charge in [0, 0.05) is 44.8 Å². The molecule has 0 aromatic heterocycles. The Balaban J connectivity index is 1.69. The second-order valence-corrected chi connectivity index (χ2v) is 5.94. The summed E-state index contributed by atoms with van der Waals surface area (Å²) in [5.74, 6) is 2.01. The average Bonchev–Trinajstić information content (AvgIpc) is 2.98. The molecular formula is C14H24N2O2. The highest BCUT2D eigenvalue weighted by Crippen LogP contribution is 2.36. The van der Waals surface area contributed by atoms with Gasteiger partial charge in [0.2, 0.25) is 5.91 Å². The summed E-state index contributed by atoms with van der Waals surface area (Å²) in [6.07, 6.45) is 2.93. The Bertz CT molecular complexity index is 315. The maximum atomic E-state index is 12.7. The van der Waals surface area contributed by atoms with E-state index in [2.05, 4.69) is 17.1 Å². The molecule has 1 amide bonds. The molecule has 0 spiro atoms. The minimum absolute atomic E-state index is 0.222. The van der Waals surface area contributed by atoms with Crippen LogP contribution in [0.1, 0.15) is 26.2 Å². The molecule has 4 nitrogen and oxygen atoms in total. The van der Waals surface area contributed by atoms with Crippen molar-refractivity contribution in [1.29, 1.82) is 0 Å². The van der Waals surface area contributed by atoms with Gasteiger partial charge >= 0.3 is 0 Å². The fourth-order valence-corrected chi connectivity index (χ4v) is 3.98. The third-order valence-electron chi connectivity index (χ3n) is 4.99. The number of hydrogen-bond acceptors (Lipinski definition) is 3. The van der Waals surface area contributed by atoms with Crippen LogP contribution in [0.3, 0.4) is 0 Å². The van der Waals surface area contributed by atoms with E-state index in [4.69, 9.17) is 4.74 Å². The SMILES string of the molecule is CCC1C2CNCC2CN1C(=O)C1CCOCC1. The molecule has 3 unspecified atom stereocenters. The molecule has 1 N–H and O–H groups in total. The maximum Gasteiger partial charge on any atom is 0.226 e. The summed E-state index contributed by atoms with van der Waals surface area (Å²) < 4.78 is 5.36. The summed E-state index contributed by atoms with van der Waals surface area (Å²) in [5.41, 5.74) is 0. The zero-order valence-corrected chi connectivity index (χ0v) is 11.2. The number of fused-ring (bicyclic) bond motifs is 1. The standard InChI is InChI=1S/C14H24N2O2/c1-2-13-12-8-15-7-11(12)9-16(13)14(17)10-3-5-18-6-4-10/h10-13,15H,2-9H2,1H3. The van der Waals surface area contributed by atoms with Gasteiger partial charge in [0.25, 0.3) is 0 Å². The maximum absolute atomic E-state index is 12.7. The van der Waals surface area contributed by atoms with Crippen molar-refractivity contribution in [3.05, 3.63) is 0 Å². The number of ether oxygens (including phenoxy) is 1. The quantitative estimate of drug-likeness (QED) is 0.793. The van der Waals surface area contributed by atoms with Gasteiger partial charge in [-0.15, -0.1) is 0 Å². The molecule has 3 rings (SSSR count). The van der Waals surface area contributed by atoms with Gasteiger partial charge in [-0.05, 0) is 31.1 Å². The number of rotatable bonds is 2. The van der Waals surface area contributed by atoms with Crippen molar-refractivity contribution in [2.45, 2.75) is 32.2 Å². The predicted molar refractivity (Wildman–Crippen MR) is 69.2 cm³/mol. The van der Waals surface area contributed by atoms with Gasteiger partial charge in [-0.25, -0.2) is 0 Å². The molecule has 3 fully saturated rings. The van der Waals surface area contributed by atoms with Crippen LogP contribution in [0, 0.1) is 17.8 Å². The summed E-state index contributed by atoms with van der Waals surface area (Å²) in [5, 5.41) is 3.47. The molecule has 3 heterocycles. The van der Waals surface area contributed by atoms with Gasteiger partial charge in [0.15, 0.2) is 0 Å². The first-order valence-corrected chi connectivity index (χ1v) is 7.40. The molecule has 3 atom stereocenters. The summed E-state index contributed by atoms with van der Waals surface area (Å²) >= 11 is 0. The minimum atomic E-state index is 0.222. The van der Waals surface area contributed by atoms with Crippen molar-refractivity contribution >= 4 is 5.91 Å². The van der Waals surface area contributed by atoms with E-state index in [9.17, 15) is 4.79 Å². The van der Waals surface area contributed by atoms with Gasteiger partial charge < -0.3 is 15.0 Å². The van der Waals surface area contributed by atoms with Crippen LogP contribution in [0.25, 0.3) is 0 Å². The summed E-state index contributed by atoms with van der Waals surface area (Å²) in [6.45, 7) is 6.91. The molecule has 3 aliphatic rings. The van der Waals surface area contributed by atoms with Crippen molar-refractivity contribution < 1.29 is 9.53 Å². The molecule has 3 aliphatic heterocycles. The van der Waals surface area contributed by atoms with Crippen LogP contribution in [0.5, 0.6) is 0 Å². The number of likely N-dealkylation sites (tertiary alicyclic amines) is 1. The van der Waals surface area contributed by atoms with E-state index in [1.165, 1.54) is 0 Å². The Labute approximate surface area is 109 Å². The summed E-state index contributed by atoms with van der Waals surface area (Å²) in [7, 11) is 0. The fraction of sp³-hybridized carbons (Fsp3) is 0.929. The first-order chi connectivity index (χ1) is 8.81. The van der Waals surface area contributed by atoms with E-state index in [1.807, 2.05) is 0 Å². The van der Waals surface area contributed by atoms with Crippen LogP contribution in [0.4, 0.5) is 0 Å². The molecule has 18 heavy (non-hydrogen) atoms. The van der Waals surface area contributed by atoms with Crippen molar-refractivity contribution in [2.75, 3.05) is 32.8 Å². The average molecular weight is 252 g/mol. The van der Waals surface area contributed by atoms with E-state index in [0.717, 1.165) is 52.1 Å². The van der Waals surface area contributed by atoms with Crippen LogP contribution < -0.4 is 5.32 Å². The van der Waals surface area contributed by atoms with E-state index < -0.39 is 0 Å². The highest BCUT2D eigenvalue weighted by Gasteiger charge is 2.46. The lowest BCUT2D eigenvalue weighted by atomic mass is 9.92. The lowest BCUT2D eigenvalue weighted by Crippen LogP contribution is -2.44. The van der Waals surface area contributed by atoms with Gasteiger partial charge in [-0.1, -0.05) is 6.92 Å². The van der Waals surface area contributed by atoms with Crippen molar-refractivity contribution in [3.63, 3.8) is 0 Å². The van der Waals surface area contributed by atoms with E-state index >= 15 is 0 Å². The van der Waals surface area contributed by atoms with Gasteiger partial charge in [-0.2, -0.15) is 0 Å². The van der Waals surface area contributed by atoms with Gasteiger partial charge in [0.05, 0.1) is 0 Å². The summed E-state index contributed by atoms with van der Waals surface area (Å²) in [4.78, 5) is 14.9. The molecule has 0 aromatic rings. The highest BCUT2D eigenvalue weighted by molar-refractivity contribution is 5.79. The molecule has 4 heteroatoms. The molecule has 0 aromatic carbocycles. The Morgan fingerprint density at radius 1 is 1.33 bits per heavy atom. The number of carbonyl (C=O) groups is 1. The van der Waals surface area contributed by atoms with Crippen molar-refractivity contribution in [1.82, 2.24) is 10.2 Å². The highest BCUT2D eigenvalue weighted by atomic mass is 16.5.